The molecular weight excluding hydrogens is 168 g/mol. The third-order valence-corrected chi connectivity index (χ3v) is 1.75. The van der Waals surface area contributed by atoms with Crippen molar-refractivity contribution in [3.63, 3.8) is 0 Å². The van der Waals surface area contributed by atoms with E-state index in [-0.39, 0.29) is 0 Å². The zero-order valence-electron chi connectivity index (χ0n) is 7.55. The zero-order chi connectivity index (χ0) is 9.68. The van der Waals surface area contributed by atoms with E-state index in [1.54, 1.807) is 31.2 Å². The van der Waals surface area contributed by atoms with E-state index in [0.717, 1.165) is 0 Å². The molecule has 2 N–H and O–H groups in total. The molecule has 72 valence electrons. The molecule has 3 nitrogen and oxygen atoms in total. The van der Waals surface area contributed by atoms with Crippen LogP contribution in [-0.2, 0) is 4.74 Å². The average Bonchev–Trinajstić information content (AvgIpc) is 2.18. The van der Waals surface area contributed by atoms with Crippen molar-refractivity contribution in [1.29, 1.82) is 0 Å². The maximum atomic E-state index is 9.55. The normalized spacial score (nSPS) is 15.3. The molecule has 0 aliphatic rings. The van der Waals surface area contributed by atoms with Crippen molar-refractivity contribution in [2.24, 2.45) is 0 Å². The van der Waals surface area contributed by atoms with Crippen molar-refractivity contribution in [1.82, 2.24) is 0 Å². The van der Waals surface area contributed by atoms with Gasteiger partial charge in [-0.05, 0) is 12.5 Å². The molecule has 0 aromatic heterocycles. The van der Waals surface area contributed by atoms with Crippen molar-refractivity contribution in [2.45, 2.75) is 19.3 Å². The number of hydrogen-bond donors (Lipinski definition) is 2. The lowest BCUT2D eigenvalue weighted by molar-refractivity contribution is -0.160. The Morgan fingerprint density at radius 3 is 2.38 bits per heavy atom. The van der Waals surface area contributed by atoms with Crippen molar-refractivity contribution in [3.05, 3.63) is 35.9 Å². The van der Waals surface area contributed by atoms with Crippen LogP contribution in [0.25, 0.3) is 0 Å². The predicted octanol–water partition coefficient (Wildman–Crippen LogP) is 1.07. The highest BCUT2D eigenvalue weighted by atomic mass is 16.6. The summed E-state index contributed by atoms with van der Waals surface area (Å²) < 4.78 is 4.86. The second-order valence-electron chi connectivity index (χ2n) is 2.70. The lowest BCUT2D eigenvalue weighted by Crippen LogP contribution is -2.21. The monoisotopic (exact) mass is 182 g/mol. The number of hydrogen-bond acceptors (Lipinski definition) is 3. The van der Waals surface area contributed by atoms with Crippen LogP contribution in [0, 0.1) is 0 Å². The summed E-state index contributed by atoms with van der Waals surface area (Å²) in [6, 6.07) is 8.94. The second kappa shape index (κ2) is 4.97. The predicted molar refractivity (Wildman–Crippen MR) is 49.0 cm³/mol. The fourth-order valence-corrected chi connectivity index (χ4v) is 1.08. The molecule has 1 aromatic carbocycles. The summed E-state index contributed by atoms with van der Waals surface area (Å²) in [7, 11) is 0. The van der Waals surface area contributed by atoms with Gasteiger partial charge in [-0.3, -0.25) is 0 Å². The van der Waals surface area contributed by atoms with Gasteiger partial charge in [-0.15, -0.1) is 0 Å². The van der Waals surface area contributed by atoms with E-state index in [1.165, 1.54) is 0 Å². The summed E-state index contributed by atoms with van der Waals surface area (Å²) in [6.07, 6.45) is -2.12. The molecule has 0 heterocycles. The Morgan fingerprint density at radius 1 is 1.23 bits per heavy atom. The van der Waals surface area contributed by atoms with E-state index < -0.39 is 12.4 Å². The van der Waals surface area contributed by atoms with Crippen molar-refractivity contribution in [3.8, 4) is 0 Å². The Morgan fingerprint density at radius 2 is 1.85 bits per heavy atom. The molecule has 3 heteroatoms. The van der Waals surface area contributed by atoms with E-state index >= 15 is 0 Å². The fourth-order valence-electron chi connectivity index (χ4n) is 1.08. The van der Waals surface area contributed by atoms with Crippen LogP contribution in [-0.4, -0.2) is 23.1 Å². The summed E-state index contributed by atoms with van der Waals surface area (Å²) in [5.41, 5.74) is 0.656. The fraction of sp³-hybridized carbons (Fsp3) is 0.400. The van der Waals surface area contributed by atoms with E-state index in [4.69, 9.17) is 4.74 Å². The lowest BCUT2D eigenvalue weighted by atomic mass is 10.1. The van der Waals surface area contributed by atoms with Crippen LogP contribution >= 0.6 is 0 Å². The smallest absolute Gasteiger partial charge is 0.185 e. The third kappa shape index (κ3) is 2.81. The van der Waals surface area contributed by atoms with Gasteiger partial charge in [0.1, 0.15) is 6.10 Å². The SMILES string of the molecule is CCOC(O)C(O)c1ccccc1. The summed E-state index contributed by atoms with van der Waals surface area (Å²) in [4.78, 5) is 0. The van der Waals surface area contributed by atoms with Crippen LogP contribution < -0.4 is 0 Å². The summed E-state index contributed by atoms with van der Waals surface area (Å²) in [5, 5.41) is 18.8. The highest BCUT2D eigenvalue weighted by molar-refractivity contribution is 5.17. The van der Waals surface area contributed by atoms with Gasteiger partial charge in [0.15, 0.2) is 6.29 Å². The first-order valence-corrected chi connectivity index (χ1v) is 4.28. The van der Waals surface area contributed by atoms with Gasteiger partial charge >= 0.3 is 0 Å². The lowest BCUT2D eigenvalue weighted by Gasteiger charge is -2.17. The zero-order valence-corrected chi connectivity index (χ0v) is 7.55. The molecule has 0 spiro atoms. The van der Waals surface area contributed by atoms with Gasteiger partial charge in [-0.1, -0.05) is 30.3 Å². The van der Waals surface area contributed by atoms with Crippen LogP contribution in [0.2, 0.25) is 0 Å². The van der Waals surface area contributed by atoms with Gasteiger partial charge in [0.2, 0.25) is 0 Å². The van der Waals surface area contributed by atoms with Crippen LogP contribution in [0.4, 0.5) is 0 Å². The first-order valence-electron chi connectivity index (χ1n) is 4.28. The molecule has 0 aliphatic carbocycles. The number of aliphatic hydroxyl groups is 2. The maximum Gasteiger partial charge on any atom is 0.185 e. The Hall–Kier alpha value is -0.900. The standard InChI is InChI=1S/C10H14O3/c1-2-13-10(12)9(11)8-6-4-3-5-7-8/h3-7,9-12H,2H2,1H3. The van der Waals surface area contributed by atoms with Gasteiger partial charge in [0.05, 0.1) is 0 Å². The molecule has 0 amide bonds. The van der Waals surface area contributed by atoms with E-state index in [9.17, 15) is 10.2 Å². The first-order chi connectivity index (χ1) is 6.25. The average molecular weight is 182 g/mol. The van der Waals surface area contributed by atoms with Crippen molar-refractivity contribution >= 4 is 0 Å². The first kappa shape index (κ1) is 10.2. The molecule has 2 atom stereocenters. The van der Waals surface area contributed by atoms with Gasteiger partial charge < -0.3 is 14.9 Å². The Balaban J connectivity index is 2.62. The van der Waals surface area contributed by atoms with Crippen molar-refractivity contribution in [2.75, 3.05) is 6.61 Å². The molecule has 2 unspecified atom stereocenters. The van der Waals surface area contributed by atoms with Gasteiger partial charge in [-0.25, -0.2) is 0 Å². The molecule has 0 radical (unpaired) electrons. The Kier molecular flexibility index (Phi) is 3.89. The molecule has 0 saturated heterocycles. The second-order valence-corrected chi connectivity index (χ2v) is 2.70. The number of benzene rings is 1. The van der Waals surface area contributed by atoms with E-state index in [2.05, 4.69) is 0 Å². The molecule has 0 aliphatic heterocycles. The molecule has 0 saturated carbocycles. The largest absolute Gasteiger partial charge is 0.383 e. The van der Waals surface area contributed by atoms with E-state index in [0.29, 0.717) is 12.2 Å². The minimum Gasteiger partial charge on any atom is -0.383 e. The number of rotatable bonds is 4. The van der Waals surface area contributed by atoms with Crippen LogP contribution in [0.3, 0.4) is 0 Å². The molecule has 0 fully saturated rings. The van der Waals surface area contributed by atoms with Crippen LogP contribution in [0.5, 0.6) is 0 Å². The minimum absolute atomic E-state index is 0.380. The highest BCUT2D eigenvalue weighted by Crippen LogP contribution is 2.16. The Bertz CT molecular complexity index is 235. The molecule has 13 heavy (non-hydrogen) atoms. The van der Waals surface area contributed by atoms with Crippen LogP contribution in [0.1, 0.15) is 18.6 Å². The molecular formula is C10H14O3. The van der Waals surface area contributed by atoms with Crippen molar-refractivity contribution < 1.29 is 14.9 Å². The molecule has 0 bridgehead atoms. The summed E-state index contributed by atoms with van der Waals surface area (Å²) in [5.74, 6) is 0. The quantitative estimate of drug-likeness (QED) is 0.685. The number of ether oxygens (including phenoxy) is 1. The summed E-state index contributed by atoms with van der Waals surface area (Å²) in [6.45, 7) is 2.14. The minimum atomic E-state index is -1.15. The van der Waals surface area contributed by atoms with Crippen LogP contribution in [0.15, 0.2) is 30.3 Å². The topological polar surface area (TPSA) is 49.7 Å². The third-order valence-electron chi connectivity index (χ3n) is 1.75. The Labute approximate surface area is 77.6 Å². The number of aliphatic hydroxyl groups excluding tert-OH is 2. The maximum absolute atomic E-state index is 9.55. The molecule has 1 rings (SSSR count). The highest BCUT2D eigenvalue weighted by Gasteiger charge is 2.17. The molecule has 1 aromatic rings. The van der Waals surface area contributed by atoms with E-state index in [1.807, 2.05) is 6.07 Å². The van der Waals surface area contributed by atoms with Gasteiger partial charge in [-0.2, -0.15) is 0 Å². The van der Waals surface area contributed by atoms with Gasteiger partial charge in [0.25, 0.3) is 0 Å². The summed E-state index contributed by atoms with van der Waals surface area (Å²) >= 11 is 0. The van der Waals surface area contributed by atoms with Gasteiger partial charge in [0, 0.05) is 6.61 Å².